The van der Waals surface area contributed by atoms with Crippen LogP contribution in [-0.2, 0) is 17.1 Å². The number of hydrogen-bond acceptors (Lipinski definition) is 8. The molecule has 3 aromatic heterocycles. The Balaban J connectivity index is 1.61. The summed E-state index contributed by atoms with van der Waals surface area (Å²) in [5, 5.41) is 21.5. The SMILES string of the molecule is O=C(O)CCCCCn1c(SCc2cc(=O)oc3cc(O)ccc23)nc2ccsc2c1=O. The van der Waals surface area contributed by atoms with Crippen LogP contribution in [-0.4, -0.2) is 25.7 Å². The largest absolute Gasteiger partial charge is 0.508 e. The fraction of sp³-hybridized carbons (Fsp3) is 0.273. The number of rotatable bonds is 9. The molecule has 10 heteroatoms. The van der Waals surface area contributed by atoms with Gasteiger partial charge in [0, 0.05) is 36.2 Å². The molecule has 0 radical (unpaired) electrons. The number of aromatic hydroxyl groups is 1. The predicted octanol–water partition coefficient (Wildman–Crippen LogP) is 4.21. The Morgan fingerprint density at radius 3 is 2.81 bits per heavy atom. The van der Waals surface area contributed by atoms with Gasteiger partial charge in [-0.1, -0.05) is 18.2 Å². The summed E-state index contributed by atoms with van der Waals surface area (Å²) in [6.07, 6.45) is 2.02. The lowest BCUT2D eigenvalue weighted by Crippen LogP contribution is -2.22. The average Bonchev–Trinajstić information content (AvgIpc) is 3.21. The molecule has 1 aromatic carbocycles. The van der Waals surface area contributed by atoms with E-state index in [1.54, 1.807) is 16.7 Å². The van der Waals surface area contributed by atoms with Crippen LogP contribution in [0.1, 0.15) is 31.2 Å². The molecule has 0 amide bonds. The maximum Gasteiger partial charge on any atom is 0.336 e. The van der Waals surface area contributed by atoms with E-state index in [-0.39, 0.29) is 17.7 Å². The van der Waals surface area contributed by atoms with Gasteiger partial charge >= 0.3 is 11.6 Å². The molecule has 4 aromatic rings. The van der Waals surface area contributed by atoms with E-state index in [4.69, 9.17) is 9.52 Å². The van der Waals surface area contributed by atoms with Crippen LogP contribution in [0.3, 0.4) is 0 Å². The highest BCUT2D eigenvalue weighted by atomic mass is 32.2. The molecule has 2 N–H and O–H groups in total. The molecule has 0 spiro atoms. The number of phenols is 1. The zero-order valence-corrected chi connectivity index (χ0v) is 18.6. The second-order valence-electron chi connectivity index (χ2n) is 7.25. The number of thioether (sulfide) groups is 1. The van der Waals surface area contributed by atoms with Gasteiger partial charge < -0.3 is 14.6 Å². The van der Waals surface area contributed by atoms with E-state index in [1.165, 1.54) is 41.3 Å². The van der Waals surface area contributed by atoms with E-state index in [0.717, 1.165) is 0 Å². The minimum Gasteiger partial charge on any atom is -0.508 e. The molecule has 0 unspecified atom stereocenters. The first kappa shape index (κ1) is 22.1. The number of carbonyl (C=O) groups is 1. The number of carboxylic acid groups (broad SMARTS) is 1. The molecule has 0 fully saturated rings. The monoisotopic (exact) mass is 472 g/mol. The van der Waals surface area contributed by atoms with E-state index in [0.29, 0.717) is 63.5 Å². The molecule has 32 heavy (non-hydrogen) atoms. The Kier molecular flexibility index (Phi) is 6.61. The number of phenolic OH excluding ortho intramolecular Hbond substituents is 1. The summed E-state index contributed by atoms with van der Waals surface area (Å²) < 4.78 is 7.40. The lowest BCUT2D eigenvalue weighted by molar-refractivity contribution is -0.137. The van der Waals surface area contributed by atoms with Gasteiger partial charge in [-0.25, -0.2) is 9.78 Å². The van der Waals surface area contributed by atoms with Crippen molar-refractivity contribution in [2.24, 2.45) is 0 Å². The van der Waals surface area contributed by atoms with Crippen molar-refractivity contribution in [3.05, 3.63) is 62.0 Å². The number of nitrogens with zero attached hydrogens (tertiary/aromatic N) is 2. The summed E-state index contributed by atoms with van der Waals surface area (Å²) >= 11 is 2.69. The minimum absolute atomic E-state index is 0.00626. The van der Waals surface area contributed by atoms with Gasteiger partial charge in [0.15, 0.2) is 5.16 Å². The Labute approximate surface area is 190 Å². The van der Waals surface area contributed by atoms with Crippen LogP contribution in [0.4, 0.5) is 0 Å². The topological polar surface area (TPSA) is 123 Å². The summed E-state index contributed by atoms with van der Waals surface area (Å²) in [6, 6.07) is 7.82. The molecule has 8 nitrogen and oxygen atoms in total. The number of unbranched alkanes of at least 4 members (excludes halogenated alkanes) is 2. The smallest absolute Gasteiger partial charge is 0.336 e. The van der Waals surface area contributed by atoms with Crippen molar-refractivity contribution in [1.29, 1.82) is 0 Å². The predicted molar refractivity (Wildman–Crippen MR) is 124 cm³/mol. The van der Waals surface area contributed by atoms with Crippen molar-refractivity contribution < 1.29 is 19.4 Å². The van der Waals surface area contributed by atoms with Crippen LogP contribution < -0.4 is 11.2 Å². The molecule has 0 saturated carbocycles. The molecular formula is C22H20N2O6S2. The Morgan fingerprint density at radius 1 is 1.16 bits per heavy atom. The quantitative estimate of drug-likeness (QED) is 0.161. The molecule has 0 aliphatic rings. The highest BCUT2D eigenvalue weighted by molar-refractivity contribution is 7.98. The number of thiophene rings is 1. The summed E-state index contributed by atoms with van der Waals surface area (Å²) in [4.78, 5) is 40.4. The van der Waals surface area contributed by atoms with Gasteiger partial charge in [-0.15, -0.1) is 11.3 Å². The Bertz CT molecular complexity index is 1410. The van der Waals surface area contributed by atoms with Crippen LogP contribution >= 0.6 is 23.1 Å². The van der Waals surface area contributed by atoms with Crippen LogP contribution in [0, 0.1) is 0 Å². The third kappa shape index (κ3) is 4.86. The molecule has 0 aliphatic carbocycles. The van der Waals surface area contributed by atoms with Gasteiger partial charge in [0.05, 0.1) is 5.52 Å². The maximum absolute atomic E-state index is 13.0. The fourth-order valence-corrected chi connectivity index (χ4v) is 5.23. The van der Waals surface area contributed by atoms with Gasteiger partial charge in [-0.2, -0.15) is 0 Å². The van der Waals surface area contributed by atoms with Crippen LogP contribution in [0.2, 0.25) is 0 Å². The normalized spacial score (nSPS) is 11.4. The lowest BCUT2D eigenvalue weighted by Gasteiger charge is -2.12. The summed E-state index contributed by atoms with van der Waals surface area (Å²) in [5.74, 6) is -0.437. The highest BCUT2D eigenvalue weighted by Gasteiger charge is 2.14. The second-order valence-corrected chi connectivity index (χ2v) is 9.11. The number of aromatic nitrogens is 2. The van der Waals surface area contributed by atoms with Gasteiger partial charge in [-0.3, -0.25) is 14.2 Å². The minimum atomic E-state index is -0.826. The van der Waals surface area contributed by atoms with Crippen molar-refractivity contribution in [2.45, 2.75) is 43.1 Å². The number of aliphatic carboxylic acids is 1. The molecule has 166 valence electrons. The van der Waals surface area contributed by atoms with Crippen LogP contribution in [0.15, 0.2) is 54.9 Å². The molecule has 0 atom stereocenters. The average molecular weight is 473 g/mol. The molecule has 0 bridgehead atoms. The first-order valence-electron chi connectivity index (χ1n) is 10.0. The number of hydrogen-bond donors (Lipinski definition) is 2. The second kappa shape index (κ2) is 9.58. The zero-order chi connectivity index (χ0) is 22.7. The van der Waals surface area contributed by atoms with Crippen molar-refractivity contribution in [3.8, 4) is 5.75 Å². The fourth-order valence-electron chi connectivity index (χ4n) is 3.43. The molecule has 4 rings (SSSR count). The van der Waals surface area contributed by atoms with Crippen molar-refractivity contribution in [3.63, 3.8) is 0 Å². The summed E-state index contributed by atoms with van der Waals surface area (Å²) in [7, 11) is 0. The Morgan fingerprint density at radius 2 is 2.00 bits per heavy atom. The lowest BCUT2D eigenvalue weighted by atomic mass is 10.1. The number of benzene rings is 1. The molecular weight excluding hydrogens is 452 g/mol. The molecule has 3 heterocycles. The third-order valence-electron chi connectivity index (χ3n) is 4.97. The summed E-state index contributed by atoms with van der Waals surface area (Å²) in [6.45, 7) is 0.438. The van der Waals surface area contributed by atoms with Crippen LogP contribution in [0.25, 0.3) is 21.2 Å². The van der Waals surface area contributed by atoms with E-state index in [1.807, 2.05) is 5.38 Å². The highest BCUT2D eigenvalue weighted by Crippen LogP contribution is 2.28. The number of fused-ring (bicyclic) bond motifs is 2. The molecule has 0 saturated heterocycles. The van der Waals surface area contributed by atoms with Crippen molar-refractivity contribution in [2.75, 3.05) is 0 Å². The van der Waals surface area contributed by atoms with E-state index < -0.39 is 11.6 Å². The first-order valence-corrected chi connectivity index (χ1v) is 11.9. The van der Waals surface area contributed by atoms with E-state index >= 15 is 0 Å². The van der Waals surface area contributed by atoms with Crippen LogP contribution in [0.5, 0.6) is 5.75 Å². The van der Waals surface area contributed by atoms with Crippen molar-refractivity contribution >= 4 is 50.3 Å². The van der Waals surface area contributed by atoms with E-state index in [2.05, 4.69) is 4.98 Å². The zero-order valence-electron chi connectivity index (χ0n) is 16.9. The summed E-state index contributed by atoms with van der Waals surface area (Å²) in [5.41, 5.74) is 1.01. The third-order valence-corrected chi connectivity index (χ3v) is 6.89. The van der Waals surface area contributed by atoms with Crippen molar-refractivity contribution in [1.82, 2.24) is 9.55 Å². The van der Waals surface area contributed by atoms with Gasteiger partial charge in [0.1, 0.15) is 16.0 Å². The Hall–Kier alpha value is -3.11. The van der Waals surface area contributed by atoms with Gasteiger partial charge in [-0.05, 0) is 42.0 Å². The van der Waals surface area contributed by atoms with Gasteiger partial charge in [0.2, 0.25) is 0 Å². The maximum atomic E-state index is 13.0. The van der Waals surface area contributed by atoms with E-state index in [9.17, 15) is 19.5 Å². The number of carboxylic acids is 1. The first-order chi connectivity index (χ1) is 15.4. The molecule has 0 aliphatic heterocycles. The standard InChI is InChI=1S/C22H20N2O6S2/c25-14-5-6-15-13(10-19(28)30-17(15)11-14)12-32-22-23-16-7-9-31-20(16)21(29)24(22)8-3-1-2-4-18(26)27/h5-7,9-11,25H,1-4,8,12H2,(H,26,27). The van der Waals surface area contributed by atoms with Gasteiger partial charge in [0.25, 0.3) is 5.56 Å².